The average molecular weight is 410 g/mol. The van der Waals surface area contributed by atoms with Crippen molar-refractivity contribution in [2.24, 2.45) is 0 Å². The van der Waals surface area contributed by atoms with Crippen LogP contribution in [-0.2, 0) is 4.74 Å². The van der Waals surface area contributed by atoms with Gasteiger partial charge < -0.3 is 14.5 Å². The van der Waals surface area contributed by atoms with Crippen molar-refractivity contribution in [1.82, 2.24) is 24.6 Å². The van der Waals surface area contributed by atoms with Gasteiger partial charge in [-0.05, 0) is 42.5 Å². The van der Waals surface area contributed by atoms with E-state index in [0.717, 1.165) is 65.4 Å². The van der Waals surface area contributed by atoms with E-state index in [4.69, 9.17) is 9.72 Å². The lowest BCUT2D eigenvalue weighted by molar-refractivity contribution is 0.0853. The normalized spacial score (nSPS) is 15.0. The van der Waals surface area contributed by atoms with Crippen LogP contribution in [0.1, 0.15) is 24.3 Å². The molecule has 2 N–H and O–H groups in total. The molecule has 0 unspecified atom stereocenters. The summed E-state index contributed by atoms with van der Waals surface area (Å²) in [6, 6.07) is 14.8. The second kappa shape index (κ2) is 7.52. The Hall–Kier alpha value is -3.71. The number of anilines is 2. The van der Waals surface area contributed by atoms with E-state index in [1.54, 1.807) is 6.20 Å². The number of rotatable bonds is 4. The first-order chi connectivity index (χ1) is 15.3. The highest BCUT2D eigenvalue weighted by molar-refractivity contribution is 5.83. The average Bonchev–Trinajstić information content (AvgIpc) is 3.49. The van der Waals surface area contributed by atoms with E-state index < -0.39 is 0 Å². The molecule has 3 aromatic heterocycles. The molecule has 154 valence electrons. The Labute approximate surface area is 179 Å². The molecule has 1 aliphatic heterocycles. The third kappa shape index (κ3) is 3.43. The van der Waals surface area contributed by atoms with Gasteiger partial charge in [-0.25, -0.2) is 9.97 Å². The van der Waals surface area contributed by atoms with Gasteiger partial charge in [0.25, 0.3) is 0 Å². The first kappa shape index (κ1) is 18.1. The molecule has 0 aliphatic carbocycles. The minimum absolute atomic E-state index is 0.584. The van der Waals surface area contributed by atoms with Gasteiger partial charge in [-0.1, -0.05) is 24.3 Å². The second-order valence-electron chi connectivity index (χ2n) is 7.94. The molecule has 1 fully saturated rings. The number of ether oxygens (including phenoxy) is 1. The summed E-state index contributed by atoms with van der Waals surface area (Å²) < 4.78 is 7.49. The minimum atomic E-state index is 0.584. The molecule has 4 heterocycles. The van der Waals surface area contributed by atoms with Crippen LogP contribution in [0.2, 0.25) is 0 Å². The monoisotopic (exact) mass is 410 g/mol. The fraction of sp³-hybridized carbons (Fsp3) is 0.208. The summed E-state index contributed by atoms with van der Waals surface area (Å²) >= 11 is 0. The van der Waals surface area contributed by atoms with Crippen molar-refractivity contribution in [2.45, 2.75) is 18.8 Å². The summed E-state index contributed by atoms with van der Waals surface area (Å²) in [6.07, 6.45) is 9.73. The van der Waals surface area contributed by atoms with E-state index in [1.807, 2.05) is 23.0 Å². The summed E-state index contributed by atoms with van der Waals surface area (Å²) in [6.45, 7) is 1.70. The van der Waals surface area contributed by atoms with Crippen LogP contribution in [0.25, 0.3) is 27.8 Å². The lowest BCUT2D eigenvalue weighted by Gasteiger charge is -2.22. The predicted octanol–water partition coefficient (Wildman–Crippen LogP) is 4.91. The molecular formula is C24H22N6O. The van der Waals surface area contributed by atoms with E-state index in [2.05, 4.69) is 63.0 Å². The molecule has 0 amide bonds. The first-order valence-corrected chi connectivity index (χ1v) is 10.6. The number of nitrogens with zero attached hydrogens (tertiary/aromatic N) is 4. The maximum Gasteiger partial charge on any atom is 0.180 e. The predicted molar refractivity (Wildman–Crippen MR) is 121 cm³/mol. The molecule has 7 nitrogen and oxygen atoms in total. The molecule has 1 saturated heterocycles. The molecule has 0 radical (unpaired) electrons. The number of benzene rings is 2. The number of fused-ring (bicyclic) bond motifs is 2. The first-order valence-electron chi connectivity index (χ1n) is 10.6. The SMILES string of the molecule is c1cn2cc(-c3ccc4cn[nH]c4c3)nc(Nc3ccc(C4CCOCC4)cc3)c2n1. The highest BCUT2D eigenvalue weighted by atomic mass is 16.5. The maximum atomic E-state index is 5.49. The van der Waals surface area contributed by atoms with E-state index in [-0.39, 0.29) is 0 Å². The lowest BCUT2D eigenvalue weighted by Crippen LogP contribution is -2.13. The maximum absolute atomic E-state index is 5.49. The van der Waals surface area contributed by atoms with Crippen molar-refractivity contribution < 1.29 is 4.74 Å². The van der Waals surface area contributed by atoms with Crippen molar-refractivity contribution in [3.8, 4) is 11.3 Å². The van der Waals surface area contributed by atoms with Crippen LogP contribution in [0, 0.1) is 0 Å². The van der Waals surface area contributed by atoms with E-state index in [0.29, 0.717) is 5.92 Å². The Morgan fingerprint density at radius 1 is 1.06 bits per heavy atom. The Kier molecular flexibility index (Phi) is 4.39. The third-order valence-corrected chi connectivity index (χ3v) is 5.98. The molecule has 6 rings (SSSR count). The Morgan fingerprint density at radius 2 is 1.94 bits per heavy atom. The second-order valence-corrected chi connectivity index (χ2v) is 7.94. The third-order valence-electron chi connectivity index (χ3n) is 5.98. The largest absolute Gasteiger partial charge is 0.381 e. The highest BCUT2D eigenvalue weighted by Gasteiger charge is 2.16. The van der Waals surface area contributed by atoms with Gasteiger partial charge in [-0.3, -0.25) is 5.10 Å². The van der Waals surface area contributed by atoms with Crippen LogP contribution in [0.15, 0.2) is 67.3 Å². The lowest BCUT2D eigenvalue weighted by atomic mass is 9.92. The van der Waals surface area contributed by atoms with Gasteiger partial charge in [0.05, 0.1) is 17.4 Å². The van der Waals surface area contributed by atoms with Crippen LogP contribution in [0.3, 0.4) is 0 Å². The van der Waals surface area contributed by atoms with Crippen molar-refractivity contribution in [2.75, 3.05) is 18.5 Å². The summed E-state index contributed by atoms with van der Waals surface area (Å²) in [7, 11) is 0. The number of imidazole rings is 1. The van der Waals surface area contributed by atoms with Crippen LogP contribution in [0.4, 0.5) is 11.5 Å². The van der Waals surface area contributed by atoms with Crippen LogP contribution >= 0.6 is 0 Å². The van der Waals surface area contributed by atoms with E-state index >= 15 is 0 Å². The zero-order valence-electron chi connectivity index (χ0n) is 17.0. The Balaban J connectivity index is 1.33. The zero-order chi connectivity index (χ0) is 20.6. The molecule has 1 aliphatic rings. The summed E-state index contributed by atoms with van der Waals surface area (Å²) in [5.41, 5.74) is 6.03. The van der Waals surface area contributed by atoms with Gasteiger partial charge in [0.1, 0.15) is 0 Å². The van der Waals surface area contributed by atoms with Gasteiger partial charge in [-0.15, -0.1) is 0 Å². The van der Waals surface area contributed by atoms with Gasteiger partial charge in [-0.2, -0.15) is 5.10 Å². The molecule has 5 aromatic rings. The number of hydrogen-bond donors (Lipinski definition) is 2. The van der Waals surface area contributed by atoms with E-state index in [9.17, 15) is 0 Å². The molecular weight excluding hydrogens is 388 g/mol. The smallest absolute Gasteiger partial charge is 0.180 e. The molecule has 0 spiro atoms. The quantitative estimate of drug-likeness (QED) is 0.440. The van der Waals surface area contributed by atoms with Crippen molar-refractivity contribution in [1.29, 1.82) is 0 Å². The molecule has 0 saturated carbocycles. The standard InChI is InChI=1S/C24H22N6O/c1-2-19-14-26-29-21(19)13-18(1)22-15-30-10-9-25-24(30)23(28-22)27-20-5-3-16(4-6-20)17-7-11-31-12-8-17/h1-6,9-10,13-15,17H,7-8,11-12H2,(H,26,29)(H,27,28). The fourth-order valence-electron chi connectivity index (χ4n) is 4.26. The summed E-state index contributed by atoms with van der Waals surface area (Å²) in [4.78, 5) is 9.39. The van der Waals surface area contributed by atoms with Crippen LogP contribution < -0.4 is 5.32 Å². The fourth-order valence-corrected chi connectivity index (χ4v) is 4.26. The number of aromatic nitrogens is 5. The van der Waals surface area contributed by atoms with Gasteiger partial charge in [0, 0.05) is 48.4 Å². The van der Waals surface area contributed by atoms with Gasteiger partial charge >= 0.3 is 0 Å². The zero-order valence-corrected chi connectivity index (χ0v) is 17.0. The van der Waals surface area contributed by atoms with Gasteiger partial charge in [0.2, 0.25) is 0 Å². The Morgan fingerprint density at radius 3 is 2.81 bits per heavy atom. The minimum Gasteiger partial charge on any atom is -0.381 e. The molecule has 2 aromatic carbocycles. The van der Waals surface area contributed by atoms with Crippen molar-refractivity contribution >= 4 is 28.1 Å². The molecule has 31 heavy (non-hydrogen) atoms. The van der Waals surface area contributed by atoms with Crippen LogP contribution in [-0.4, -0.2) is 37.8 Å². The Bertz CT molecular complexity index is 1350. The highest BCUT2D eigenvalue weighted by Crippen LogP contribution is 2.30. The van der Waals surface area contributed by atoms with Gasteiger partial charge in [0.15, 0.2) is 11.5 Å². The van der Waals surface area contributed by atoms with Crippen molar-refractivity contribution in [3.63, 3.8) is 0 Å². The number of hydrogen-bond acceptors (Lipinski definition) is 5. The summed E-state index contributed by atoms with van der Waals surface area (Å²) in [5, 5.41) is 11.7. The molecule has 0 atom stereocenters. The number of H-pyrrole nitrogens is 1. The topological polar surface area (TPSA) is 80.1 Å². The molecule has 7 heteroatoms. The molecule has 0 bridgehead atoms. The van der Waals surface area contributed by atoms with E-state index in [1.165, 1.54) is 5.56 Å². The number of nitrogens with one attached hydrogen (secondary N) is 2. The number of aromatic amines is 1. The van der Waals surface area contributed by atoms with Crippen LogP contribution in [0.5, 0.6) is 0 Å². The van der Waals surface area contributed by atoms with Crippen molar-refractivity contribution in [3.05, 3.63) is 72.8 Å². The summed E-state index contributed by atoms with van der Waals surface area (Å²) in [5.74, 6) is 1.31.